The standard InChI is InChI=1S/C21H34N4O4S/c1-14-13-25(30(27,28)17-8-6-16(7-9-17)24(2)3)11-10-18(14)22-21(26)19-12-20(29-23-19)15-4-5-15/h12,14-18H,4-11,13H2,1-3H3,(H,22,26)/t14-,16?,17?,18+/m0/s1. The van der Waals surface area contributed by atoms with Gasteiger partial charge in [-0.25, -0.2) is 12.7 Å². The third-order valence-electron chi connectivity index (χ3n) is 7.08. The first-order valence-electron chi connectivity index (χ1n) is 11.2. The highest BCUT2D eigenvalue weighted by molar-refractivity contribution is 7.89. The second kappa shape index (κ2) is 8.59. The van der Waals surface area contributed by atoms with Crippen LogP contribution >= 0.6 is 0 Å². The van der Waals surface area contributed by atoms with Crippen molar-refractivity contribution in [1.82, 2.24) is 19.7 Å². The number of hydrogen-bond donors (Lipinski definition) is 1. The van der Waals surface area contributed by atoms with Crippen LogP contribution in [0.4, 0.5) is 0 Å². The van der Waals surface area contributed by atoms with Crippen molar-refractivity contribution in [3.63, 3.8) is 0 Å². The molecule has 2 aliphatic carbocycles. The molecule has 9 heteroatoms. The van der Waals surface area contributed by atoms with E-state index in [1.165, 1.54) is 0 Å². The minimum atomic E-state index is -3.30. The minimum Gasteiger partial charge on any atom is -0.360 e. The number of aromatic nitrogens is 1. The van der Waals surface area contributed by atoms with E-state index in [0.717, 1.165) is 44.3 Å². The maximum atomic E-state index is 13.2. The largest absolute Gasteiger partial charge is 0.360 e. The van der Waals surface area contributed by atoms with Crippen LogP contribution in [0.25, 0.3) is 0 Å². The number of carbonyl (C=O) groups is 1. The summed E-state index contributed by atoms with van der Waals surface area (Å²) in [6, 6.07) is 2.16. The molecule has 0 unspecified atom stereocenters. The van der Waals surface area contributed by atoms with Crippen LogP contribution in [0.1, 0.15) is 74.0 Å². The number of rotatable bonds is 6. The smallest absolute Gasteiger partial charge is 0.273 e. The molecule has 0 radical (unpaired) electrons. The van der Waals surface area contributed by atoms with Crippen LogP contribution in [0, 0.1) is 5.92 Å². The first-order chi connectivity index (χ1) is 14.3. The van der Waals surface area contributed by atoms with Gasteiger partial charge in [0.2, 0.25) is 10.0 Å². The summed E-state index contributed by atoms with van der Waals surface area (Å²) in [4.78, 5) is 14.8. The Labute approximate surface area is 179 Å². The van der Waals surface area contributed by atoms with Crippen LogP contribution in [0.2, 0.25) is 0 Å². The Morgan fingerprint density at radius 2 is 1.87 bits per heavy atom. The Bertz CT molecular complexity index is 856. The van der Waals surface area contributed by atoms with Gasteiger partial charge in [-0.15, -0.1) is 0 Å². The molecule has 1 N–H and O–H groups in total. The van der Waals surface area contributed by atoms with Crippen molar-refractivity contribution >= 4 is 15.9 Å². The molecule has 0 spiro atoms. The lowest BCUT2D eigenvalue weighted by atomic mass is 9.94. The maximum absolute atomic E-state index is 13.2. The van der Waals surface area contributed by atoms with Crippen molar-refractivity contribution in [2.24, 2.45) is 5.92 Å². The Morgan fingerprint density at radius 3 is 2.47 bits per heavy atom. The van der Waals surface area contributed by atoms with E-state index in [0.29, 0.717) is 37.2 Å². The highest BCUT2D eigenvalue weighted by Gasteiger charge is 2.39. The van der Waals surface area contributed by atoms with Crippen LogP contribution in [0.3, 0.4) is 0 Å². The van der Waals surface area contributed by atoms with Gasteiger partial charge >= 0.3 is 0 Å². The third-order valence-corrected chi connectivity index (χ3v) is 9.45. The number of nitrogens with zero attached hydrogens (tertiary/aromatic N) is 3. The lowest BCUT2D eigenvalue weighted by Crippen LogP contribution is -2.53. The maximum Gasteiger partial charge on any atom is 0.273 e. The second-order valence-corrected chi connectivity index (χ2v) is 11.7. The lowest BCUT2D eigenvalue weighted by molar-refractivity contribution is 0.0891. The number of piperidine rings is 1. The van der Waals surface area contributed by atoms with E-state index in [1.54, 1.807) is 10.4 Å². The van der Waals surface area contributed by atoms with E-state index in [9.17, 15) is 13.2 Å². The average Bonchev–Trinajstić information content (AvgIpc) is 3.45. The number of sulfonamides is 1. The molecule has 30 heavy (non-hydrogen) atoms. The summed E-state index contributed by atoms with van der Waals surface area (Å²) in [5, 5.41) is 6.67. The molecule has 1 saturated heterocycles. The quantitative estimate of drug-likeness (QED) is 0.732. The number of amides is 1. The summed E-state index contributed by atoms with van der Waals surface area (Å²) in [6.45, 7) is 2.92. The van der Waals surface area contributed by atoms with Crippen molar-refractivity contribution in [3.8, 4) is 0 Å². The lowest BCUT2D eigenvalue weighted by Gasteiger charge is -2.40. The minimum absolute atomic E-state index is 0.0467. The van der Waals surface area contributed by atoms with Crippen molar-refractivity contribution < 1.29 is 17.7 Å². The normalized spacial score (nSPS) is 31.1. The van der Waals surface area contributed by atoms with Gasteiger partial charge in [-0.2, -0.15) is 0 Å². The van der Waals surface area contributed by atoms with Crippen LogP contribution < -0.4 is 5.32 Å². The van der Waals surface area contributed by atoms with Crippen molar-refractivity contribution in [2.45, 2.75) is 75.1 Å². The first kappa shape index (κ1) is 21.8. The van der Waals surface area contributed by atoms with Crippen LogP contribution in [0.5, 0.6) is 0 Å². The Kier molecular flexibility index (Phi) is 6.23. The molecule has 0 aromatic carbocycles. The van der Waals surface area contributed by atoms with Gasteiger partial charge in [0.25, 0.3) is 5.91 Å². The van der Waals surface area contributed by atoms with Gasteiger partial charge in [0.05, 0.1) is 5.25 Å². The SMILES string of the molecule is C[C@H]1CN(S(=O)(=O)C2CCC(N(C)C)CC2)CC[C@H]1NC(=O)c1cc(C2CC2)on1. The topological polar surface area (TPSA) is 95.8 Å². The van der Waals surface area contributed by atoms with Crippen molar-refractivity contribution in [1.29, 1.82) is 0 Å². The molecule has 4 rings (SSSR count). The number of nitrogens with one attached hydrogen (secondary N) is 1. The first-order valence-corrected chi connectivity index (χ1v) is 12.7. The zero-order chi connectivity index (χ0) is 21.5. The fourth-order valence-corrected chi connectivity index (χ4v) is 6.91. The van der Waals surface area contributed by atoms with Crippen LogP contribution in [-0.4, -0.2) is 73.2 Å². The van der Waals surface area contributed by atoms with E-state index in [2.05, 4.69) is 29.5 Å². The molecule has 1 amide bonds. The zero-order valence-electron chi connectivity index (χ0n) is 18.2. The summed E-state index contributed by atoms with van der Waals surface area (Å²) in [5.74, 6) is 1.02. The molecule has 8 nitrogen and oxygen atoms in total. The van der Waals surface area contributed by atoms with Gasteiger partial charge in [0, 0.05) is 37.2 Å². The van der Waals surface area contributed by atoms with Crippen LogP contribution in [0.15, 0.2) is 10.6 Å². The van der Waals surface area contributed by atoms with Gasteiger partial charge in [-0.1, -0.05) is 12.1 Å². The highest BCUT2D eigenvalue weighted by Crippen LogP contribution is 2.40. The molecule has 168 valence electrons. The molecule has 0 bridgehead atoms. The van der Waals surface area contributed by atoms with E-state index in [4.69, 9.17) is 4.52 Å². The number of carbonyl (C=O) groups excluding carboxylic acids is 1. The molecular weight excluding hydrogens is 404 g/mol. The molecular formula is C21H34N4O4S. The summed E-state index contributed by atoms with van der Waals surface area (Å²) in [7, 11) is 0.827. The van der Waals surface area contributed by atoms with Gasteiger partial charge < -0.3 is 14.7 Å². The molecule has 2 heterocycles. The van der Waals surface area contributed by atoms with Crippen molar-refractivity contribution in [3.05, 3.63) is 17.5 Å². The summed E-state index contributed by atoms with van der Waals surface area (Å²) in [5.41, 5.74) is 0.316. The predicted molar refractivity (Wildman–Crippen MR) is 114 cm³/mol. The van der Waals surface area contributed by atoms with Gasteiger partial charge in [0.15, 0.2) is 5.69 Å². The summed E-state index contributed by atoms with van der Waals surface area (Å²) < 4.78 is 33.3. The number of hydrogen-bond acceptors (Lipinski definition) is 6. The van der Waals surface area contributed by atoms with E-state index in [1.807, 2.05) is 6.92 Å². The van der Waals surface area contributed by atoms with Gasteiger partial charge in [0.1, 0.15) is 5.76 Å². The van der Waals surface area contributed by atoms with E-state index in [-0.39, 0.29) is 23.1 Å². The fourth-order valence-electron chi connectivity index (χ4n) is 4.82. The average molecular weight is 439 g/mol. The molecule has 1 aliphatic heterocycles. The molecule has 2 atom stereocenters. The molecule has 1 aromatic rings. The predicted octanol–water partition coefficient (Wildman–Crippen LogP) is 2.19. The third kappa shape index (κ3) is 4.57. The second-order valence-electron chi connectivity index (χ2n) is 9.53. The molecule has 3 fully saturated rings. The Hall–Kier alpha value is -1.45. The van der Waals surface area contributed by atoms with Crippen LogP contribution in [-0.2, 0) is 10.0 Å². The Morgan fingerprint density at radius 1 is 1.17 bits per heavy atom. The fraction of sp³-hybridized carbons (Fsp3) is 0.810. The monoisotopic (exact) mass is 438 g/mol. The summed E-state index contributed by atoms with van der Waals surface area (Å²) in [6.07, 6.45) is 6.12. The molecule has 1 aromatic heterocycles. The van der Waals surface area contributed by atoms with Crippen molar-refractivity contribution in [2.75, 3.05) is 27.2 Å². The highest BCUT2D eigenvalue weighted by atomic mass is 32.2. The van der Waals surface area contributed by atoms with E-state index >= 15 is 0 Å². The van der Waals surface area contributed by atoms with Gasteiger partial charge in [-0.05, 0) is 65.0 Å². The molecule has 3 aliphatic rings. The van der Waals surface area contributed by atoms with E-state index < -0.39 is 10.0 Å². The zero-order valence-corrected chi connectivity index (χ0v) is 19.0. The van der Waals surface area contributed by atoms with Gasteiger partial charge in [-0.3, -0.25) is 4.79 Å². The molecule has 2 saturated carbocycles. The summed E-state index contributed by atoms with van der Waals surface area (Å²) >= 11 is 0. The Balaban J connectivity index is 1.31.